The van der Waals surface area contributed by atoms with Crippen LogP contribution < -0.4 is 21.4 Å². The minimum absolute atomic E-state index is 0.0525. The minimum Gasteiger partial charge on any atom is -0.411 e. The van der Waals surface area contributed by atoms with Crippen molar-refractivity contribution in [2.45, 2.75) is 91.1 Å². The van der Waals surface area contributed by atoms with E-state index in [1.807, 2.05) is 27.7 Å². The Morgan fingerprint density at radius 3 is 1.94 bits per heavy atom. The lowest BCUT2D eigenvalue weighted by Gasteiger charge is -2.28. The van der Waals surface area contributed by atoms with Crippen molar-refractivity contribution in [3.63, 3.8) is 0 Å². The topological polar surface area (TPSA) is 174 Å². The van der Waals surface area contributed by atoms with Crippen molar-refractivity contribution in [1.82, 2.24) is 21.4 Å². The van der Waals surface area contributed by atoms with Gasteiger partial charge in [0.05, 0.1) is 35.7 Å². The molecule has 0 aromatic rings. The number of ketones is 1. The Hall–Kier alpha value is -2.57. The maximum absolute atomic E-state index is 12.0. The van der Waals surface area contributed by atoms with Gasteiger partial charge >= 0.3 is 0 Å². The molecule has 0 rings (SSSR count). The Balaban J connectivity index is 4.12. The van der Waals surface area contributed by atoms with Gasteiger partial charge in [0.25, 0.3) is 0 Å². The summed E-state index contributed by atoms with van der Waals surface area (Å²) in [7, 11) is 0. The van der Waals surface area contributed by atoms with Crippen LogP contribution in [0.1, 0.15) is 80.1 Å². The van der Waals surface area contributed by atoms with E-state index in [-0.39, 0.29) is 24.1 Å². The average molecular weight is 501 g/mol. The fourth-order valence-corrected chi connectivity index (χ4v) is 2.90. The molecule has 12 heteroatoms. The molecule has 202 valence electrons. The molecule has 0 aliphatic heterocycles. The van der Waals surface area contributed by atoms with Crippen LogP contribution in [0.15, 0.2) is 10.3 Å². The first-order chi connectivity index (χ1) is 16.4. The number of unbranched alkanes of at least 4 members (excludes halogenated alkanes) is 2. The molecule has 0 atom stereocenters. The predicted molar refractivity (Wildman–Crippen MR) is 134 cm³/mol. The normalized spacial score (nSPS) is 13.0. The summed E-state index contributed by atoms with van der Waals surface area (Å²) in [5.74, 6) is -0.345. The van der Waals surface area contributed by atoms with Crippen molar-refractivity contribution < 1.29 is 29.6 Å². The minimum atomic E-state index is -0.621. The highest BCUT2D eigenvalue weighted by Crippen LogP contribution is 2.09. The molecule has 0 saturated heterocycles. The van der Waals surface area contributed by atoms with E-state index >= 15 is 0 Å². The lowest BCUT2D eigenvalue weighted by atomic mass is 9.95. The molecule has 12 nitrogen and oxygen atoms in total. The quantitative estimate of drug-likeness (QED) is 0.0669. The SMILES string of the molecule is CC(=O)CNC(=O)CCCCCC(=O)NCC/C(=N\O)C(C)(C)NCCONC(C)(C)/C(C)=N/O. The third kappa shape index (κ3) is 15.1. The van der Waals surface area contributed by atoms with Crippen molar-refractivity contribution in [2.75, 3.05) is 26.2 Å². The lowest BCUT2D eigenvalue weighted by molar-refractivity contribution is -0.124. The Morgan fingerprint density at radius 2 is 1.40 bits per heavy atom. The highest BCUT2D eigenvalue weighted by atomic mass is 16.6. The molecule has 35 heavy (non-hydrogen) atoms. The van der Waals surface area contributed by atoms with Crippen LogP contribution in [0.4, 0.5) is 0 Å². The summed E-state index contributed by atoms with van der Waals surface area (Å²) in [6, 6.07) is 0. The zero-order valence-electron chi connectivity index (χ0n) is 22.0. The molecule has 0 fully saturated rings. The summed E-state index contributed by atoms with van der Waals surface area (Å²) in [4.78, 5) is 39.8. The third-order valence-corrected chi connectivity index (χ3v) is 5.52. The van der Waals surface area contributed by atoms with Crippen LogP contribution in [-0.2, 0) is 19.2 Å². The van der Waals surface area contributed by atoms with Crippen molar-refractivity contribution in [3.8, 4) is 0 Å². The van der Waals surface area contributed by atoms with E-state index in [1.165, 1.54) is 6.92 Å². The molecular weight excluding hydrogens is 456 g/mol. The molecule has 2 amide bonds. The molecule has 0 bridgehead atoms. The van der Waals surface area contributed by atoms with Gasteiger partial charge in [-0.3, -0.25) is 19.2 Å². The van der Waals surface area contributed by atoms with Gasteiger partial charge in [0.15, 0.2) is 0 Å². The fraction of sp³-hybridized carbons (Fsp3) is 0.783. The van der Waals surface area contributed by atoms with Crippen molar-refractivity contribution in [2.24, 2.45) is 10.3 Å². The lowest BCUT2D eigenvalue weighted by Crippen LogP contribution is -2.50. The summed E-state index contributed by atoms with van der Waals surface area (Å²) in [5.41, 5.74) is 2.57. The number of hydroxylamine groups is 1. The predicted octanol–water partition coefficient (Wildman–Crippen LogP) is 1.50. The molecular formula is C23H44N6O6. The number of rotatable bonds is 19. The van der Waals surface area contributed by atoms with Gasteiger partial charge in [-0.05, 0) is 54.4 Å². The summed E-state index contributed by atoms with van der Waals surface area (Å²) in [5, 5.41) is 33.5. The van der Waals surface area contributed by atoms with E-state index in [4.69, 9.17) is 10.0 Å². The van der Waals surface area contributed by atoms with Gasteiger partial charge in [0, 0.05) is 32.4 Å². The summed E-state index contributed by atoms with van der Waals surface area (Å²) in [6.07, 6.45) is 3.11. The van der Waals surface area contributed by atoms with Crippen LogP contribution in [0, 0.1) is 0 Å². The maximum Gasteiger partial charge on any atom is 0.220 e. The van der Waals surface area contributed by atoms with E-state index in [1.54, 1.807) is 6.92 Å². The van der Waals surface area contributed by atoms with Crippen molar-refractivity contribution in [1.29, 1.82) is 0 Å². The summed E-state index contributed by atoms with van der Waals surface area (Å²) < 4.78 is 0. The largest absolute Gasteiger partial charge is 0.411 e. The average Bonchev–Trinajstić information content (AvgIpc) is 2.79. The standard InChI is InChI=1S/C23H44N6O6/c1-17(30)16-25-21(32)11-9-7-8-10-20(31)24-13-12-19(28-34)23(5,6)26-14-15-35-29-22(3,4)18(2)27-33/h26,29,33-34H,7-16H2,1-6H3,(H,24,31)(H,25,32)/b27-18+,28-19+. The van der Waals surface area contributed by atoms with Crippen LogP contribution in [-0.4, -0.2) is 76.8 Å². The van der Waals surface area contributed by atoms with Crippen LogP contribution in [0.5, 0.6) is 0 Å². The smallest absolute Gasteiger partial charge is 0.220 e. The molecule has 0 spiro atoms. The van der Waals surface area contributed by atoms with Crippen LogP contribution in [0.3, 0.4) is 0 Å². The number of hydrogen-bond donors (Lipinski definition) is 6. The van der Waals surface area contributed by atoms with Crippen LogP contribution in [0.2, 0.25) is 0 Å². The van der Waals surface area contributed by atoms with E-state index in [0.29, 0.717) is 63.2 Å². The maximum atomic E-state index is 12.0. The second-order valence-corrected chi connectivity index (χ2v) is 9.50. The molecule has 0 unspecified atom stereocenters. The molecule has 0 radical (unpaired) electrons. The first-order valence-electron chi connectivity index (χ1n) is 11.9. The Labute approximate surface area is 208 Å². The summed E-state index contributed by atoms with van der Waals surface area (Å²) in [6.45, 7) is 11.7. The van der Waals surface area contributed by atoms with Gasteiger partial charge in [-0.2, -0.15) is 5.48 Å². The molecule has 0 aromatic carbocycles. The van der Waals surface area contributed by atoms with Crippen molar-refractivity contribution in [3.05, 3.63) is 0 Å². The van der Waals surface area contributed by atoms with Gasteiger partial charge in [-0.1, -0.05) is 16.7 Å². The first kappa shape index (κ1) is 32.4. The monoisotopic (exact) mass is 500 g/mol. The second kappa shape index (κ2) is 17.0. The Morgan fingerprint density at radius 1 is 0.800 bits per heavy atom. The number of carbonyl (C=O) groups is 3. The van der Waals surface area contributed by atoms with Gasteiger partial charge in [-0.25, -0.2) is 0 Å². The Bertz CT molecular complexity index is 736. The van der Waals surface area contributed by atoms with E-state index in [0.717, 1.165) is 6.42 Å². The fourth-order valence-electron chi connectivity index (χ4n) is 2.90. The van der Waals surface area contributed by atoms with Gasteiger partial charge in [0.2, 0.25) is 11.8 Å². The van der Waals surface area contributed by atoms with Crippen LogP contribution >= 0.6 is 0 Å². The number of nitrogens with one attached hydrogen (secondary N) is 4. The van der Waals surface area contributed by atoms with Gasteiger partial charge in [0.1, 0.15) is 5.78 Å². The van der Waals surface area contributed by atoms with Gasteiger partial charge in [-0.15, -0.1) is 0 Å². The zero-order chi connectivity index (χ0) is 26.9. The number of amides is 2. The molecule has 0 aromatic heterocycles. The number of carbonyl (C=O) groups excluding carboxylic acids is 3. The Kier molecular flexibility index (Phi) is 15.7. The second-order valence-electron chi connectivity index (χ2n) is 9.50. The molecule has 0 aliphatic rings. The van der Waals surface area contributed by atoms with Crippen LogP contribution in [0.25, 0.3) is 0 Å². The first-order valence-corrected chi connectivity index (χ1v) is 11.9. The molecule has 6 N–H and O–H groups in total. The number of Topliss-reactive ketones (excluding diaryl/α,β-unsaturated/α-hetero) is 1. The number of nitrogens with zero attached hydrogens (tertiary/aromatic N) is 2. The molecule has 0 heterocycles. The third-order valence-electron chi connectivity index (χ3n) is 5.52. The van der Waals surface area contributed by atoms with E-state index in [2.05, 4.69) is 31.7 Å². The summed E-state index contributed by atoms with van der Waals surface area (Å²) >= 11 is 0. The van der Waals surface area contributed by atoms with E-state index in [9.17, 15) is 19.6 Å². The van der Waals surface area contributed by atoms with Gasteiger partial charge < -0.3 is 26.4 Å². The number of oxime groups is 2. The van der Waals surface area contributed by atoms with Crippen molar-refractivity contribution >= 4 is 29.0 Å². The zero-order valence-corrected chi connectivity index (χ0v) is 22.0. The highest BCUT2D eigenvalue weighted by Gasteiger charge is 2.25. The number of hydrogen-bond acceptors (Lipinski definition) is 10. The van der Waals surface area contributed by atoms with E-state index < -0.39 is 11.1 Å². The highest BCUT2D eigenvalue weighted by molar-refractivity contribution is 5.93. The molecule has 0 saturated carbocycles. The molecule has 0 aliphatic carbocycles.